The van der Waals surface area contributed by atoms with Crippen molar-refractivity contribution in [3.8, 4) is 6.07 Å². The number of pyridine rings is 1. The lowest BCUT2D eigenvalue weighted by molar-refractivity contribution is 0.403. The van der Waals surface area contributed by atoms with Crippen LogP contribution >= 0.6 is 11.8 Å². The number of hydrogen-bond donors (Lipinski definition) is 1. The molecule has 1 aliphatic heterocycles. The lowest BCUT2D eigenvalue weighted by Crippen LogP contribution is -2.38. The fourth-order valence-corrected chi connectivity index (χ4v) is 3.07. The lowest BCUT2D eigenvalue weighted by Gasteiger charge is -2.27. The van der Waals surface area contributed by atoms with Gasteiger partial charge in [-0.15, -0.1) is 0 Å². The summed E-state index contributed by atoms with van der Waals surface area (Å²) < 4.78 is 0. The molecule has 1 aromatic rings. The van der Waals surface area contributed by atoms with Crippen LogP contribution in [0.3, 0.4) is 0 Å². The van der Waals surface area contributed by atoms with Crippen LogP contribution in [0.5, 0.6) is 0 Å². The molecule has 1 aromatic heterocycles. The lowest BCUT2D eigenvalue weighted by atomic mass is 10.1. The fourth-order valence-electron chi connectivity index (χ4n) is 1.88. The Kier molecular flexibility index (Phi) is 3.81. The summed E-state index contributed by atoms with van der Waals surface area (Å²) in [5.74, 6) is 0. The highest BCUT2D eigenvalue weighted by molar-refractivity contribution is 7.99. The van der Waals surface area contributed by atoms with Gasteiger partial charge >= 0.3 is 0 Å². The maximum atomic E-state index is 8.81. The van der Waals surface area contributed by atoms with E-state index in [4.69, 9.17) is 5.26 Å². The SMILES string of the molecule is C[C@@H]1CCCC(Sc2cc(C#N)ccn2)N1. The van der Waals surface area contributed by atoms with E-state index < -0.39 is 0 Å². The first-order chi connectivity index (χ1) is 7.78. The molecule has 2 atom stereocenters. The average Bonchev–Trinajstić information content (AvgIpc) is 2.29. The maximum absolute atomic E-state index is 8.81. The van der Waals surface area contributed by atoms with E-state index in [0.717, 1.165) is 5.03 Å². The molecular weight excluding hydrogens is 218 g/mol. The molecule has 0 bridgehead atoms. The van der Waals surface area contributed by atoms with Gasteiger partial charge in [0.2, 0.25) is 0 Å². The summed E-state index contributed by atoms with van der Waals surface area (Å²) in [4.78, 5) is 4.28. The molecule has 0 radical (unpaired) electrons. The van der Waals surface area contributed by atoms with Gasteiger partial charge in [-0.05, 0) is 38.3 Å². The second-order valence-electron chi connectivity index (χ2n) is 4.10. The van der Waals surface area contributed by atoms with Crippen LogP contribution < -0.4 is 5.32 Å². The number of rotatable bonds is 2. The third-order valence-electron chi connectivity index (χ3n) is 2.70. The van der Waals surface area contributed by atoms with Gasteiger partial charge in [-0.2, -0.15) is 5.26 Å². The largest absolute Gasteiger partial charge is 0.302 e. The summed E-state index contributed by atoms with van der Waals surface area (Å²) in [6.07, 6.45) is 5.40. The van der Waals surface area contributed by atoms with Gasteiger partial charge in [-0.1, -0.05) is 11.8 Å². The minimum atomic E-state index is 0.435. The minimum absolute atomic E-state index is 0.435. The molecule has 1 aliphatic rings. The van der Waals surface area contributed by atoms with Crippen molar-refractivity contribution in [1.82, 2.24) is 10.3 Å². The predicted octanol–water partition coefficient (Wildman–Crippen LogP) is 2.53. The first kappa shape index (κ1) is 11.4. The van der Waals surface area contributed by atoms with Crippen molar-refractivity contribution in [3.05, 3.63) is 23.9 Å². The van der Waals surface area contributed by atoms with E-state index >= 15 is 0 Å². The van der Waals surface area contributed by atoms with E-state index in [1.165, 1.54) is 19.3 Å². The summed E-state index contributed by atoms with van der Waals surface area (Å²) in [6.45, 7) is 2.21. The number of nitriles is 1. The summed E-state index contributed by atoms with van der Waals surface area (Å²) in [7, 11) is 0. The second-order valence-corrected chi connectivity index (χ2v) is 5.32. The van der Waals surface area contributed by atoms with Crippen LogP contribution in [0.1, 0.15) is 31.7 Å². The first-order valence-corrected chi connectivity index (χ1v) is 6.45. The molecule has 1 fully saturated rings. The number of hydrogen-bond acceptors (Lipinski definition) is 4. The Labute approximate surface area is 100 Å². The average molecular weight is 233 g/mol. The molecule has 4 heteroatoms. The van der Waals surface area contributed by atoms with Crippen LogP contribution in [0, 0.1) is 11.3 Å². The normalized spacial score (nSPS) is 25.0. The van der Waals surface area contributed by atoms with Crippen molar-refractivity contribution in [2.24, 2.45) is 0 Å². The molecule has 1 unspecified atom stereocenters. The monoisotopic (exact) mass is 233 g/mol. The van der Waals surface area contributed by atoms with Crippen molar-refractivity contribution in [1.29, 1.82) is 5.26 Å². The van der Waals surface area contributed by atoms with Crippen molar-refractivity contribution in [3.63, 3.8) is 0 Å². The topological polar surface area (TPSA) is 48.7 Å². The van der Waals surface area contributed by atoms with Gasteiger partial charge in [0.15, 0.2) is 0 Å². The molecule has 2 rings (SSSR count). The van der Waals surface area contributed by atoms with Crippen LogP contribution in [0.2, 0.25) is 0 Å². The van der Waals surface area contributed by atoms with Gasteiger partial charge in [0.1, 0.15) is 0 Å². The van der Waals surface area contributed by atoms with Gasteiger partial charge < -0.3 is 5.32 Å². The fraction of sp³-hybridized carbons (Fsp3) is 0.500. The van der Waals surface area contributed by atoms with Gasteiger partial charge in [0.25, 0.3) is 0 Å². The molecule has 2 heterocycles. The Hall–Kier alpha value is -1.05. The van der Waals surface area contributed by atoms with Crippen LogP contribution in [0.4, 0.5) is 0 Å². The number of nitrogens with one attached hydrogen (secondary N) is 1. The zero-order valence-corrected chi connectivity index (χ0v) is 10.1. The van der Waals surface area contributed by atoms with Crippen molar-refractivity contribution < 1.29 is 0 Å². The number of thioether (sulfide) groups is 1. The van der Waals surface area contributed by atoms with E-state index in [-0.39, 0.29) is 0 Å². The Balaban J connectivity index is 2.00. The third kappa shape index (κ3) is 2.97. The molecule has 1 saturated heterocycles. The molecule has 0 amide bonds. The Morgan fingerprint density at radius 2 is 2.44 bits per heavy atom. The van der Waals surface area contributed by atoms with Crippen LogP contribution in [0.15, 0.2) is 23.4 Å². The number of piperidine rings is 1. The second kappa shape index (κ2) is 5.33. The summed E-state index contributed by atoms with van der Waals surface area (Å²) in [5, 5.41) is 13.7. The number of aromatic nitrogens is 1. The van der Waals surface area contributed by atoms with Gasteiger partial charge in [-0.3, -0.25) is 0 Å². The van der Waals surface area contributed by atoms with Crippen LogP contribution in [-0.2, 0) is 0 Å². The van der Waals surface area contributed by atoms with Gasteiger partial charge in [0.05, 0.1) is 22.0 Å². The minimum Gasteiger partial charge on any atom is -0.302 e. The zero-order chi connectivity index (χ0) is 11.4. The summed E-state index contributed by atoms with van der Waals surface area (Å²) in [6, 6.07) is 6.32. The highest BCUT2D eigenvalue weighted by Gasteiger charge is 2.18. The Bertz CT molecular complexity index is 399. The van der Waals surface area contributed by atoms with Gasteiger partial charge in [0, 0.05) is 12.2 Å². The molecule has 1 N–H and O–H groups in total. The molecule has 0 aliphatic carbocycles. The number of nitrogens with zero attached hydrogens (tertiary/aromatic N) is 2. The predicted molar refractivity (Wildman–Crippen MR) is 65.0 cm³/mol. The highest BCUT2D eigenvalue weighted by Crippen LogP contribution is 2.27. The van der Waals surface area contributed by atoms with E-state index in [2.05, 4.69) is 23.3 Å². The molecule has 0 aromatic carbocycles. The third-order valence-corrected chi connectivity index (χ3v) is 3.82. The first-order valence-electron chi connectivity index (χ1n) is 5.57. The molecular formula is C12H15N3S. The molecule has 3 nitrogen and oxygen atoms in total. The molecule has 0 spiro atoms. The summed E-state index contributed by atoms with van der Waals surface area (Å²) >= 11 is 1.72. The van der Waals surface area contributed by atoms with E-state index in [1.807, 2.05) is 6.07 Å². The molecule has 0 saturated carbocycles. The van der Waals surface area contributed by atoms with Crippen molar-refractivity contribution in [2.45, 2.75) is 42.6 Å². The highest BCUT2D eigenvalue weighted by atomic mass is 32.2. The maximum Gasteiger partial charge on any atom is 0.0993 e. The Morgan fingerprint density at radius 1 is 1.56 bits per heavy atom. The van der Waals surface area contributed by atoms with E-state index in [0.29, 0.717) is 17.0 Å². The summed E-state index contributed by atoms with van der Waals surface area (Å²) in [5.41, 5.74) is 0.682. The van der Waals surface area contributed by atoms with Gasteiger partial charge in [-0.25, -0.2) is 4.98 Å². The standard InChI is InChI=1S/C12H15N3S/c1-9-3-2-4-11(15-9)16-12-7-10(8-13)5-6-14-12/h5-7,9,11,15H,2-4H2,1H3/t9-,11?/m1/s1. The van der Waals surface area contributed by atoms with E-state index in [1.54, 1.807) is 24.0 Å². The quantitative estimate of drug-likeness (QED) is 0.852. The zero-order valence-electron chi connectivity index (χ0n) is 9.31. The van der Waals surface area contributed by atoms with Crippen LogP contribution in [0.25, 0.3) is 0 Å². The van der Waals surface area contributed by atoms with E-state index in [9.17, 15) is 0 Å². The van der Waals surface area contributed by atoms with Crippen molar-refractivity contribution in [2.75, 3.05) is 0 Å². The van der Waals surface area contributed by atoms with Crippen LogP contribution in [-0.4, -0.2) is 16.4 Å². The molecule has 16 heavy (non-hydrogen) atoms. The smallest absolute Gasteiger partial charge is 0.0993 e. The Morgan fingerprint density at radius 3 is 3.19 bits per heavy atom. The van der Waals surface area contributed by atoms with Crippen molar-refractivity contribution >= 4 is 11.8 Å². The molecule has 84 valence electrons.